The van der Waals surface area contributed by atoms with E-state index < -0.39 is 0 Å². The van der Waals surface area contributed by atoms with E-state index in [9.17, 15) is 9.18 Å². The maximum atomic E-state index is 13.0. The van der Waals surface area contributed by atoms with Crippen LogP contribution in [0.2, 0.25) is 0 Å². The van der Waals surface area contributed by atoms with Gasteiger partial charge in [0.15, 0.2) is 5.96 Å². The van der Waals surface area contributed by atoms with Gasteiger partial charge >= 0.3 is 0 Å². The summed E-state index contributed by atoms with van der Waals surface area (Å²) in [6.07, 6.45) is 2.50. The molecule has 1 fully saturated rings. The molecule has 0 unspecified atom stereocenters. The Balaban J connectivity index is 1.68. The number of nitrogens with zero attached hydrogens (tertiary/aromatic N) is 3. The van der Waals surface area contributed by atoms with E-state index in [-0.39, 0.29) is 11.7 Å². The number of nitrogens with one attached hydrogen (secondary N) is 1. The highest BCUT2D eigenvalue weighted by atomic mass is 19.1. The molecule has 1 aliphatic rings. The van der Waals surface area contributed by atoms with Crippen LogP contribution >= 0.6 is 0 Å². The summed E-state index contributed by atoms with van der Waals surface area (Å²) in [7, 11) is 0. The fraction of sp³-hybridized carbons (Fsp3) is 0.556. The Morgan fingerprint density at radius 2 is 1.92 bits per heavy atom. The molecule has 7 heteroatoms. The molecule has 1 heterocycles. The molecule has 0 spiro atoms. The Hall–Kier alpha value is -2.31. The van der Waals surface area contributed by atoms with Crippen molar-refractivity contribution in [2.75, 3.05) is 44.2 Å². The van der Waals surface area contributed by atoms with Gasteiger partial charge in [0.25, 0.3) is 0 Å². The molecule has 1 amide bonds. The lowest BCUT2D eigenvalue weighted by atomic mass is 10.2. The second-order valence-corrected chi connectivity index (χ2v) is 6.14. The lowest BCUT2D eigenvalue weighted by Crippen LogP contribution is -2.49. The summed E-state index contributed by atoms with van der Waals surface area (Å²) >= 11 is 0. The maximum Gasteiger partial charge on any atom is 0.224 e. The molecule has 1 aromatic rings. The summed E-state index contributed by atoms with van der Waals surface area (Å²) in [4.78, 5) is 20.5. The first-order valence-corrected chi connectivity index (χ1v) is 8.92. The van der Waals surface area contributed by atoms with E-state index in [1.54, 1.807) is 12.1 Å². The molecular weight excluding hydrogens is 321 g/mol. The van der Waals surface area contributed by atoms with Crippen LogP contribution in [-0.2, 0) is 4.79 Å². The standard InChI is InChI=1S/C18H28FN5O/c1-2-3-9-21-18(20)22-10-8-17(25)24-13-11-23(12-14-24)16-6-4-15(19)5-7-16/h4-7H,2-3,8-14H2,1H3,(H3,20,21,22). The molecular formula is C18H28FN5O. The second kappa shape index (κ2) is 9.86. The number of carbonyl (C=O) groups is 1. The Morgan fingerprint density at radius 3 is 2.56 bits per heavy atom. The van der Waals surface area contributed by atoms with Crippen LogP contribution in [0.4, 0.5) is 10.1 Å². The van der Waals surface area contributed by atoms with Crippen molar-refractivity contribution >= 4 is 17.6 Å². The number of rotatable bonds is 7. The summed E-state index contributed by atoms with van der Waals surface area (Å²) in [5.74, 6) is 0.289. The third-order valence-electron chi connectivity index (χ3n) is 4.26. The molecule has 1 aromatic carbocycles. The Kier molecular flexibility index (Phi) is 7.50. The monoisotopic (exact) mass is 349 g/mol. The zero-order chi connectivity index (χ0) is 18.1. The summed E-state index contributed by atoms with van der Waals surface area (Å²) in [6, 6.07) is 6.48. The molecule has 1 saturated heterocycles. The Labute approximate surface area is 148 Å². The molecule has 138 valence electrons. The number of piperazine rings is 1. The normalized spacial score (nSPS) is 15.4. The number of halogens is 1. The topological polar surface area (TPSA) is 74.0 Å². The van der Waals surface area contributed by atoms with Gasteiger partial charge in [0.1, 0.15) is 5.82 Å². The molecule has 0 saturated carbocycles. The van der Waals surface area contributed by atoms with Gasteiger partial charge < -0.3 is 20.9 Å². The number of amides is 1. The van der Waals surface area contributed by atoms with Crippen molar-refractivity contribution in [2.45, 2.75) is 26.2 Å². The van der Waals surface area contributed by atoms with Crippen molar-refractivity contribution in [3.63, 3.8) is 0 Å². The summed E-state index contributed by atoms with van der Waals surface area (Å²) in [5.41, 5.74) is 6.74. The third-order valence-corrected chi connectivity index (χ3v) is 4.26. The highest BCUT2D eigenvalue weighted by molar-refractivity contribution is 5.80. The fourth-order valence-corrected chi connectivity index (χ4v) is 2.74. The lowest BCUT2D eigenvalue weighted by molar-refractivity contribution is -0.131. The first kappa shape index (κ1) is 19.0. The van der Waals surface area contributed by atoms with E-state index in [4.69, 9.17) is 5.73 Å². The van der Waals surface area contributed by atoms with Crippen LogP contribution in [-0.4, -0.2) is 56.0 Å². The minimum atomic E-state index is -0.234. The van der Waals surface area contributed by atoms with Crippen LogP contribution in [0.5, 0.6) is 0 Å². The number of aliphatic imine (C=N–C) groups is 1. The van der Waals surface area contributed by atoms with Gasteiger partial charge in [0.2, 0.25) is 5.91 Å². The number of guanidine groups is 1. The fourth-order valence-electron chi connectivity index (χ4n) is 2.74. The van der Waals surface area contributed by atoms with E-state index in [0.29, 0.717) is 38.6 Å². The molecule has 0 radical (unpaired) electrons. The van der Waals surface area contributed by atoms with Crippen molar-refractivity contribution in [1.82, 2.24) is 10.2 Å². The van der Waals surface area contributed by atoms with Crippen LogP contribution < -0.4 is 16.0 Å². The van der Waals surface area contributed by atoms with E-state index in [2.05, 4.69) is 22.1 Å². The number of anilines is 1. The number of hydrogen-bond acceptors (Lipinski definition) is 3. The molecule has 2 rings (SSSR count). The third kappa shape index (κ3) is 6.25. The average molecular weight is 349 g/mol. The molecule has 1 aliphatic heterocycles. The van der Waals surface area contributed by atoms with Crippen LogP contribution in [0.25, 0.3) is 0 Å². The van der Waals surface area contributed by atoms with Crippen molar-refractivity contribution in [1.29, 1.82) is 0 Å². The smallest absolute Gasteiger partial charge is 0.224 e. The number of unbranched alkanes of at least 4 members (excludes halogenated alkanes) is 1. The quantitative estimate of drug-likeness (QED) is 0.445. The first-order chi connectivity index (χ1) is 12.1. The van der Waals surface area contributed by atoms with Gasteiger partial charge in [-0.1, -0.05) is 13.3 Å². The number of benzene rings is 1. The van der Waals surface area contributed by atoms with Gasteiger partial charge in [0, 0.05) is 51.4 Å². The largest absolute Gasteiger partial charge is 0.370 e. The molecule has 0 atom stereocenters. The average Bonchev–Trinajstić information content (AvgIpc) is 2.63. The van der Waals surface area contributed by atoms with Gasteiger partial charge in [-0.25, -0.2) is 4.39 Å². The first-order valence-electron chi connectivity index (χ1n) is 8.92. The predicted molar refractivity (Wildman–Crippen MR) is 99.2 cm³/mol. The highest BCUT2D eigenvalue weighted by Crippen LogP contribution is 2.17. The van der Waals surface area contributed by atoms with Crippen LogP contribution in [0.15, 0.2) is 29.3 Å². The second-order valence-electron chi connectivity index (χ2n) is 6.14. The van der Waals surface area contributed by atoms with Gasteiger partial charge in [0.05, 0.1) is 0 Å². The Bertz CT molecular complexity index is 567. The Morgan fingerprint density at radius 1 is 1.24 bits per heavy atom. The highest BCUT2D eigenvalue weighted by Gasteiger charge is 2.20. The summed E-state index contributed by atoms with van der Waals surface area (Å²) in [6.45, 7) is 6.18. The molecule has 25 heavy (non-hydrogen) atoms. The minimum absolute atomic E-state index is 0.118. The predicted octanol–water partition coefficient (Wildman–Crippen LogP) is 1.57. The lowest BCUT2D eigenvalue weighted by Gasteiger charge is -2.36. The molecule has 0 aromatic heterocycles. The number of carbonyl (C=O) groups excluding carboxylic acids is 1. The zero-order valence-electron chi connectivity index (χ0n) is 14.9. The summed E-state index contributed by atoms with van der Waals surface area (Å²) in [5, 5.41) is 2.99. The van der Waals surface area contributed by atoms with Crippen molar-refractivity contribution in [2.24, 2.45) is 10.7 Å². The number of nitrogens with two attached hydrogens (primary N) is 1. The van der Waals surface area contributed by atoms with Crippen LogP contribution in [0.1, 0.15) is 26.2 Å². The van der Waals surface area contributed by atoms with Gasteiger partial charge in [-0.3, -0.25) is 9.79 Å². The molecule has 0 aliphatic carbocycles. The van der Waals surface area contributed by atoms with Gasteiger partial charge in [-0.05, 0) is 30.7 Å². The van der Waals surface area contributed by atoms with Gasteiger partial charge in [-0.2, -0.15) is 0 Å². The van der Waals surface area contributed by atoms with Gasteiger partial charge in [-0.15, -0.1) is 0 Å². The van der Waals surface area contributed by atoms with Crippen molar-refractivity contribution in [3.05, 3.63) is 30.1 Å². The number of hydrogen-bond donors (Lipinski definition) is 2. The van der Waals surface area contributed by atoms with Crippen LogP contribution in [0.3, 0.4) is 0 Å². The molecule has 6 nitrogen and oxygen atoms in total. The molecule has 3 N–H and O–H groups in total. The van der Waals surface area contributed by atoms with Crippen molar-refractivity contribution in [3.8, 4) is 0 Å². The van der Waals surface area contributed by atoms with Crippen LogP contribution in [0, 0.1) is 5.82 Å². The maximum absolute atomic E-state index is 13.0. The van der Waals surface area contributed by atoms with E-state index in [0.717, 1.165) is 31.6 Å². The van der Waals surface area contributed by atoms with E-state index >= 15 is 0 Å². The molecule has 0 bridgehead atoms. The summed E-state index contributed by atoms with van der Waals surface area (Å²) < 4.78 is 13.0. The zero-order valence-corrected chi connectivity index (χ0v) is 14.9. The van der Waals surface area contributed by atoms with E-state index in [1.807, 2.05) is 4.90 Å². The SMILES string of the molecule is CCCCN=C(N)NCCC(=O)N1CCN(c2ccc(F)cc2)CC1. The minimum Gasteiger partial charge on any atom is -0.370 e. The van der Waals surface area contributed by atoms with Crippen molar-refractivity contribution < 1.29 is 9.18 Å². The van der Waals surface area contributed by atoms with E-state index in [1.165, 1.54) is 12.1 Å².